The second-order valence-electron chi connectivity index (χ2n) is 4.17. The molecule has 1 heterocycles. The van der Waals surface area contributed by atoms with Crippen LogP contribution in [-0.4, -0.2) is 18.8 Å². The molecule has 16 heavy (non-hydrogen) atoms. The minimum atomic E-state index is -0.245. The Labute approximate surface area is 96.0 Å². The van der Waals surface area contributed by atoms with Crippen LogP contribution in [0.3, 0.4) is 0 Å². The Morgan fingerprint density at radius 3 is 2.75 bits per heavy atom. The summed E-state index contributed by atoms with van der Waals surface area (Å²) in [5.74, 6) is 0. The quantitative estimate of drug-likeness (QED) is 0.844. The lowest BCUT2D eigenvalue weighted by Gasteiger charge is -2.18. The minimum Gasteiger partial charge on any atom is -0.375 e. The van der Waals surface area contributed by atoms with Crippen LogP contribution in [0.5, 0.6) is 0 Å². The van der Waals surface area contributed by atoms with Gasteiger partial charge < -0.3 is 10.1 Å². The molecule has 0 bridgehead atoms. The summed E-state index contributed by atoms with van der Waals surface area (Å²) in [6.07, 6.45) is 2.06. The molecule has 0 aromatic heterocycles. The first kappa shape index (κ1) is 11.0. The van der Waals surface area contributed by atoms with E-state index in [1.54, 1.807) is 0 Å². The van der Waals surface area contributed by atoms with Gasteiger partial charge in [-0.05, 0) is 31.9 Å². The Morgan fingerprint density at radius 2 is 2.19 bits per heavy atom. The monoisotopic (exact) mass is 216 g/mol. The van der Waals surface area contributed by atoms with Crippen molar-refractivity contribution in [2.75, 3.05) is 11.9 Å². The average molecular weight is 216 g/mol. The van der Waals surface area contributed by atoms with Gasteiger partial charge in [0.1, 0.15) is 6.04 Å². The van der Waals surface area contributed by atoms with Gasteiger partial charge in [-0.2, -0.15) is 5.26 Å². The van der Waals surface area contributed by atoms with Gasteiger partial charge in [-0.1, -0.05) is 17.7 Å². The van der Waals surface area contributed by atoms with Crippen molar-refractivity contribution >= 4 is 5.69 Å². The lowest BCUT2D eigenvalue weighted by Crippen LogP contribution is -2.31. The summed E-state index contributed by atoms with van der Waals surface area (Å²) >= 11 is 0. The van der Waals surface area contributed by atoms with Crippen LogP contribution in [0.2, 0.25) is 0 Å². The van der Waals surface area contributed by atoms with Gasteiger partial charge in [0.05, 0.1) is 12.2 Å². The highest BCUT2D eigenvalue weighted by Crippen LogP contribution is 2.19. The zero-order valence-electron chi connectivity index (χ0n) is 9.44. The molecule has 3 heteroatoms. The second kappa shape index (κ2) is 5.00. The Morgan fingerprint density at radius 1 is 1.44 bits per heavy atom. The number of nitrogens with one attached hydrogen (secondary N) is 1. The first-order valence-electron chi connectivity index (χ1n) is 5.64. The van der Waals surface area contributed by atoms with Gasteiger partial charge in [-0.25, -0.2) is 0 Å². The number of hydrogen-bond acceptors (Lipinski definition) is 3. The van der Waals surface area contributed by atoms with Gasteiger partial charge in [0.15, 0.2) is 0 Å². The zero-order chi connectivity index (χ0) is 11.4. The van der Waals surface area contributed by atoms with Gasteiger partial charge in [0.25, 0.3) is 0 Å². The van der Waals surface area contributed by atoms with Gasteiger partial charge in [0.2, 0.25) is 0 Å². The maximum atomic E-state index is 9.11. The number of aryl methyl sites for hydroxylation is 1. The Balaban J connectivity index is 2.01. The third-order valence-electron chi connectivity index (χ3n) is 2.85. The largest absolute Gasteiger partial charge is 0.375 e. The van der Waals surface area contributed by atoms with Crippen LogP contribution in [0.4, 0.5) is 5.69 Å². The molecule has 2 unspecified atom stereocenters. The summed E-state index contributed by atoms with van der Waals surface area (Å²) in [6, 6.07) is 10.1. The molecule has 2 rings (SSSR count). The van der Waals surface area contributed by atoms with Crippen molar-refractivity contribution in [1.82, 2.24) is 0 Å². The van der Waals surface area contributed by atoms with Gasteiger partial charge in [0, 0.05) is 12.3 Å². The molecule has 0 spiro atoms. The molecule has 0 amide bonds. The van der Waals surface area contributed by atoms with E-state index < -0.39 is 0 Å². The summed E-state index contributed by atoms with van der Waals surface area (Å²) in [7, 11) is 0. The molecule has 1 aromatic carbocycles. The van der Waals surface area contributed by atoms with Crippen molar-refractivity contribution in [3.8, 4) is 6.07 Å². The SMILES string of the molecule is Cc1ccc(NC(C#N)C2CCCO2)cc1. The zero-order valence-corrected chi connectivity index (χ0v) is 9.44. The van der Waals surface area contributed by atoms with Crippen LogP contribution in [-0.2, 0) is 4.74 Å². The normalized spacial score (nSPS) is 21.4. The fourth-order valence-corrected chi connectivity index (χ4v) is 1.90. The Hall–Kier alpha value is -1.53. The lowest BCUT2D eigenvalue weighted by atomic mass is 10.1. The van der Waals surface area contributed by atoms with Crippen LogP contribution in [0.25, 0.3) is 0 Å². The average Bonchev–Trinajstić information content (AvgIpc) is 2.82. The predicted octanol–water partition coefficient (Wildman–Crippen LogP) is 2.48. The number of anilines is 1. The first-order valence-corrected chi connectivity index (χ1v) is 5.64. The van der Waals surface area contributed by atoms with Crippen molar-refractivity contribution < 1.29 is 4.74 Å². The summed E-state index contributed by atoms with van der Waals surface area (Å²) in [4.78, 5) is 0. The lowest BCUT2D eigenvalue weighted by molar-refractivity contribution is 0.107. The molecular weight excluding hydrogens is 200 g/mol. The molecule has 0 radical (unpaired) electrons. The van der Waals surface area contributed by atoms with E-state index in [2.05, 4.69) is 11.4 Å². The summed E-state index contributed by atoms with van der Waals surface area (Å²) < 4.78 is 5.52. The number of nitriles is 1. The Bertz CT molecular complexity index is 374. The second-order valence-corrected chi connectivity index (χ2v) is 4.17. The third kappa shape index (κ3) is 2.53. The van der Waals surface area contributed by atoms with E-state index in [1.807, 2.05) is 31.2 Å². The van der Waals surface area contributed by atoms with Crippen molar-refractivity contribution in [2.24, 2.45) is 0 Å². The van der Waals surface area contributed by atoms with Crippen LogP contribution >= 0.6 is 0 Å². The number of nitrogens with zero attached hydrogens (tertiary/aromatic N) is 1. The molecule has 1 fully saturated rings. The topological polar surface area (TPSA) is 45.0 Å². The number of rotatable bonds is 3. The van der Waals surface area contributed by atoms with E-state index in [4.69, 9.17) is 10.00 Å². The van der Waals surface area contributed by atoms with E-state index in [0.29, 0.717) is 0 Å². The highest BCUT2D eigenvalue weighted by atomic mass is 16.5. The van der Waals surface area contributed by atoms with Crippen LogP contribution in [0, 0.1) is 18.3 Å². The number of hydrogen-bond donors (Lipinski definition) is 1. The predicted molar refractivity (Wildman–Crippen MR) is 63.2 cm³/mol. The minimum absolute atomic E-state index is 0.0336. The molecule has 3 nitrogen and oxygen atoms in total. The smallest absolute Gasteiger partial charge is 0.141 e. The highest BCUT2D eigenvalue weighted by Gasteiger charge is 2.25. The van der Waals surface area contributed by atoms with Crippen LogP contribution in [0.15, 0.2) is 24.3 Å². The molecule has 1 aliphatic heterocycles. The molecule has 0 aliphatic carbocycles. The van der Waals surface area contributed by atoms with Crippen LogP contribution in [0.1, 0.15) is 18.4 Å². The summed E-state index contributed by atoms with van der Waals surface area (Å²) in [5.41, 5.74) is 2.20. The molecule has 1 saturated heterocycles. The van der Waals surface area contributed by atoms with E-state index in [9.17, 15) is 0 Å². The molecule has 1 aromatic rings. The van der Waals surface area contributed by atoms with Crippen molar-refractivity contribution in [1.29, 1.82) is 5.26 Å². The van der Waals surface area contributed by atoms with Gasteiger partial charge in [-0.15, -0.1) is 0 Å². The van der Waals surface area contributed by atoms with Crippen LogP contribution < -0.4 is 5.32 Å². The number of ether oxygens (including phenoxy) is 1. The van der Waals surface area contributed by atoms with Gasteiger partial charge in [-0.3, -0.25) is 0 Å². The third-order valence-corrected chi connectivity index (χ3v) is 2.85. The maximum absolute atomic E-state index is 9.11. The first-order chi connectivity index (χ1) is 7.79. The fraction of sp³-hybridized carbons (Fsp3) is 0.462. The summed E-state index contributed by atoms with van der Waals surface area (Å²) in [5, 5.41) is 12.3. The van der Waals surface area contributed by atoms with E-state index in [1.165, 1.54) is 5.56 Å². The molecule has 0 saturated carbocycles. The molecule has 84 valence electrons. The number of benzene rings is 1. The maximum Gasteiger partial charge on any atom is 0.141 e. The highest BCUT2D eigenvalue weighted by molar-refractivity contribution is 5.46. The van der Waals surface area contributed by atoms with E-state index in [-0.39, 0.29) is 12.1 Å². The summed E-state index contributed by atoms with van der Waals surface area (Å²) in [6.45, 7) is 2.82. The fourth-order valence-electron chi connectivity index (χ4n) is 1.90. The van der Waals surface area contributed by atoms with Crippen molar-refractivity contribution in [2.45, 2.75) is 31.9 Å². The molecule has 1 aliphatic rings. The van der Waals surface area contributed by atoms with E-state index >= 15 is 0 Å². The Kier molecular flexibility index (Phi) is 3.43. The molecular formula is C13H16N2O. The van der Waals surface area contributed by atoms with Gasteiger partial charge >= 0.3 is 0 Å². The standard InChI is InChI=1S/C13H16N2O/c1-10-4-6-11(7-5-10)15-12(9-14)13-3-2-8-16-13/h4-7,12-13,15H,2-3,8H2,1H3. The molecule has 2 atom stereocenters. The molecule has 1 N–H and O–H groups in total. The van der Waals surface area contributed by atoms with Crippen molar-refractivity contribution in [3.63, 3.8) is 0 Å². The van der Waals surface area contributed by atoms with Crippen molar-refractivity contribution in [3.05, 3.63) is 29.8 Å². The van der Waals surface area contributed by atoms with E-state index in [0.717, 1.165) is 25.1 Å².